The van der Waals surface area contributed by atoms with E-state index in [0.29, 0.717) is 30.6 Å². The molecule has 1 aliphatic rings. The third kappa shape index (κ3) is 2.22. The highest BCUT2D eigenvalue weighted by Gasteiger charge is 2.28. The van der Waals surface area contributed by atoms with Crippen LogP contribution < -0.4 is 5.32 Å². The number of nitriles is 1. The number of carbonyl (C=O) groups is 1. The maximum atomic E-state index is 12.0. The Labute approximate surface area is 109 Å². The van der Waals surface area contributed by atoms with Crippen molar-refractivity contribution in [1.29, 1.82) is 5.26 Å². The Morgan fingerprint density at radius 1 is 1.53 bits per heavy atom. The zero-order chi connectivity index (χ0) is 13.2. The number of amides is 1. The molecule has 6 nitrogen and oxygen atoms in total. The molecule has 2 aromatic rings. The number of nitrogens with zero attached hydrogens (tertiary/aromatic N) is 3. The Morgan fingerprint density at radius 3 is 3.11 bits per heavy atom. The van der Waals surface area contributed by atoms with Crippen LogP contribution in [0.4, 0.5) is 6.01 Å². The Kier molecular flexibility index (Phi) is 2.80. The number of oxazole rings is 1. The Morgan fingerprint density at radius 2 is 2.37 bits per heavy atom. The molecule has 0 spiro atoms. The number of fused-ring (bicyclic) bond motifs is 1. The Bertz CT molecular complexity index is 625. The molecule has 96 valence electrons. The summed E-state index contributed by atoms with van der Waals surface area (Å²) in [6, 6.07) is 7.53. The molecule has 2 heterocycles. The molecular formula is C13H12N4O2. The van der Waals surface area contributed by atoms with Crippen molar-refractivity contribution in [3.63, 3.8) is 0 Å². The number of benzene rings is 1. The van der Waals surface area contributed by atoms with Crippen LogP contribution in [-0.4, -0.2) is 28.9 Å². The lowest BCUT2D eigenvalue weighted by molar-refractivity contribution is -0.119. The number of para-hydroxylation sites is 2. The lowest BCUT2D eigenvalue weighted by Gasteiger charge is -2.07. The van der Waals surface area contributed by atoms with E-state index in [2.05, 4.69) is 10.3 Å². The summed E-state index contributed by atoms with van der Waals surface area (Å²) in [4.78, 5) is 17.8. The van der Waals surface area contributed by atoms with Gasteiger partial charge in [-0.2, -0.15) is 10.2 Å². The molecule has 1 amide bonds. The van der Waals surface area contributed by atoms with Crippen molar-refractivity contribution >= 4 is 23.0 Å². The maximum Gasteiger partial charge on any atom is 0.302 e. The van der Waals surface area contributed by atoms with Gasteiger partial charge in [0.05, 0.1) is 5.92 Å². The smallest absolute Gasteiger partial charge is 0.302 e. The maximum absolute atomic E-state index is 12.0. The predicted octanol–water partition coefficient (Wildman–Crippen LogP) is 1.57. The van der Waals surface area contributed by atoms with E-state index in [0.717, 1.165) is 0 Å². The van der Waals surface area contributed by atoms with Crippen LogP contribution in [0.3, 0.4) is 0 Å². The fourth-order valence-corrected chi connectivity index (χ4v) is 2.20. The van der Waals surface area contributed by atoms with E-state index in [1.165, 1.54) is 0 Å². The van der Waals surface area contributed by atoms with Crippen LogP contribution in [0, 0.1) is 17.4 Å². The minimum Gasteiger partial charge on any atom is -0.423 e. The molecule has 1 fully saturated rings. The summed E-state index contributed by atoms with van der Waals surface area (Å²) in [5, 5.41) is 11.4. The second kappa shape index (κ2) is 4.61. The van der Waals surface area contributed by atoms with Crippen molar-refractivity contribution in [2.75, 3.05) is 18.4 Å². The first-order valence-electron chi connectivity index (χ1n) is 6.07. The van der Waals surface area contributed by atoms with E-state index in [-0.39, 0.29) is 17.8 Å². The molecule has 0 bridgehead atoms. The predicted molar refractivity (Wildman–Crippen MR) is 67.9 cm³/mol. The number of anilines is 1. The number of hydrogen-bond acceptors (Lipinski definition) is 5. The van der Waals surface area contributed by atoms with E-state index in [1.54, 1.807) is 11.0 Å². The molecule has 1 aromatic carbocycles. The van der Waals surface area contributed by atoms with E-state index in [9.17, 15) is 4.79 Å². The van der Waals surface area contributed by atoms with E-state index < -0.39 is 0 Å². The summed E-state index contributed by atoms with van der Waals surface area (Å²) in [5.41, 5.74) is 1.35. The van der Waals surface area contributed by atoms with Crippen LogP contribution in [0.15, 0.2) is 28.7 Å². The van der Waals surface area contributed by atoms with Gasteiger partial charge in [-0.3, -0.25) is 10.1 Å². The van der Waals surface area contributed by atoms with Gasteiger partial charge in [0.2, 0.25) is 5.91 Å². The van der Waals surface area contributed by atoms with Crippen LogP contribution in [0.2, 0.25) is 0 Å². The molecule has 3 rings (SSSR count). The van der Waals surface area contributed by atoms with E-state index in [1.807, 2.05) is 24.4 Å². The first-order valence-corrected chi connectivity index (χ1v) is 6.07. The number of carbonyl (C=O) groups excluding carboxylic acids is 1. The highest BCUT2D eigenvalue weighted by molar-refractivity contribution is 5.92. The van der Waals surface area contributed by atoms with Crippen molar-refractivity contribution in [2.45, 2.75) is 6.42 Å². The molecule has 6 heteroatoms. The second-order valence-corrected chi connectivity index (χ2v) is 4.51. The molecule has 0 radical (unpaired) electrons. The quantitative estimate of drug-likeness (QED) is 0.825. The standard InChI is InChI=1S/C13H12N4O2/c14-8-17-6-5-9(7-17)12(18)16-13-15-10-3-1-2-4-11(10)19-13/h1-4,9H,5-7H2,(H,15,16,18)/t9-/m0/s1. The fourth-order valence-electron chi connectivity index (χ4n) is 2.20. The molecule has 1 N–H and O–H groups in total. The summed E-state index contributed by atoms with van der Waals surface area (Å²) >= 11 is 0. The van der Waals surface area contributed by atoms with Gasteiger partial charge in [0.1, 0.15) is 5.52 Å². The molecule has 0 saturated carbocycles. The van der Waals surface area contributed by atoms with Crippen LogP contribution in [-0.2, 0) is 4.79 Å². The van der Waals surface area contributed by atoms with E-state index in [4.69, 9.17) is 9.68 Å². The average Bonchev–Trinajstić information content (AvgIpc) is 3.04. The van der Waals surface area contributed by atoms with Crippen molar-refractivity contribution in [3.8, 4) is 6.19 Å². The molecule has 1 aliphatic heterocycles. The zero-order valence-electron chi connectivity index (χ0n) is 10.2. The summed E-state index contributed by atoms with van der Waals surface area (Å²) in [6.45, 7) is 1.09. The number of aromatic nitrogens is 1. The summed E-state index contributed by atoms with van der Waals surface area (Å²) in [6.07, 6.45) is 2.73. The molecular weight excluding hydrogens is 244 g/mol. The third-order valence-corrected chi connectivity index (χ3v) is 3.22. The minimum absolute atomic E-state index is 0.149. The molecule has 1 atom stereocenters. The number of likely N-dealkylation sites (tertiary alicyclic amines) is 1. The van der Waals surface area contributed by atoms with Gasteiger partial charge in [0.25, 0.3) is 0 Å². The van der Waals surface area contributed by atoms with Crippen molar-refractivity contribution < 1.29 is 9.21 Å². The molecule has 0 aliphatic carbocycles. The van der Waals surface area contributed by atoms with E-state index >= 15 is 0 Å². The highest BCUT2D eigenvalue weighted by atomic mass is 16.4. The van der Waals surface area contributed by atoms with Gasteiger partial charge in [-0.25, -0.2) is 0 Å². The molecule has 1 aromatic heterocycles. The largest absolute Gasteiger partial charge is 0.423 e. The van der Waals surface area contributed by atoms with Gasteiger partial charge < -0.3 is 9.32 Å². The lowest BCUT2D eigenvalue weighted by atomic mass is 10.1. The monoisotopic (exact) mass is 256 g/mol. The van der Waals surface area contributed by atoms with Gasteiger partial charge in [-0.15, -0.1) is 0 Å². The summed E-state index contributed by atoms with van der Waals surface area (Å²) < 4.78 is 5.43. The summed E-state index contributed by atoms with van der Waals surface area (Å²) in [7, 11) is 0. The molecule has 0 unspecified atom stereocenters. The lowest BCUT2D eigenvalue weighted by Crippen LogP contribution is -2.25. The van der Waals surface area contributed by atoms with Gasteiger partial charge >= 0.3 is 6.01 Å². The van der Waals surface area contributed by atoms with Crippen LogP contribution >= 0.6 is 0 Å². The summed E-state index contributed by atoms with van der Waals surface area (Å²) in [5.74, 6) is -0.334. The van der Waals surface area contributed by atoms with Gasteiger partial charge in [-0.05, 0) is 18.6 Å². The topological polar surface area (TPSA) is 82.2 Å². The fraction of sp³-hybridized carbons (Fsp3) is 0.308. The zero-order valence-corrected chi connectivity index (χ0v) is 10.2. The van der Waals surface area contributed by atoms with Crippen LogP contribution in [0.1, 0.15) is 6.42 Å². The average molecular weight is 256 g/mol. The number of rotatable bonds is 2. The Hall–Kier alpha value is -2.55. The van der Waals surface area contributed by atoms with Crippen LogP contribution in [0.25, 0.3) is 11.1 Å². The van der Waals surface area contributed by atoms with Crippen molar-refractivity contribution in [2.24, 2.45) is 5.92 Å². The molecule has 19 heavy (non-hydrogen) atoms. The minimum atomic E-state index is -0.185. The van der Waals surface area contributed by atoms with Crippen molar-refractivity contribution in [3.05, 3.63) is 24.3 Å². The SMILES string of the molecule is N#CN1CC[C@H](C(=O)Nc2nc3ccccc3o2)C1. The van der Waals surface area contributed by atoms with Crippen molar-refractivity contribution in [1.82, 2.24) is 9.88 Å². The first kappa shape index (κ1) is 11.5. The first-order chi connectivity index (χ1) is 9.26. The second-order valence-electron chi connectivity index (χ2n) is 4.51. The third-order valence-electron chi connectivity index (χ3n) is 3.22. The number of hydrogen-bond donors (Lipinski definition) is 1. The highest BCUT2D eigenvalue weighted by Crippen LogP contribution is 2.21. The van der Waals surface area contributed by atoms with Crippen LogP contribution in [0.5, 0.6) is 0 Å². The Balaban J connectivity index is 1.71. The van der Waals surface area contributed by atoms with Gasteiger partial charge in [0, 0.05) is 13.1 Å². The van der Waals surface area contributed by atoms with Gasteiger partial charge in [-0.1, -0.05) is 12.1 Å². The molecule has 1 saturated heterocycles. The normalized spacial score (nSPS) is 18.5. The number of nitrogens with one attached hydrogen (secondary N) is 1. The van der Waals surface area contributed by atoms with Gasteiger partial charge in [0.15, 0.2) is 11.8 Å².